The first kappa shape index (κ1) is 13.3. The standard InChI is InChI=1S/C13H12ClN3O2/c1-7-6-15-8(2)12(16-7)17-9-3-4-10(13(18)19)11(14)5-9/h3-6H,1-2H3,(H,16,17)(H,18,19). The van der Waals surface area contributed by atoms with E-state index in [1.165, 1.54) is 6.07 Å². The number of carboxylic acid groups (broad SMARTS) is 1. The summed E-state index contributed by atoms with van der Waals surface area (Å²) in [5.41, 5.74) is 2.28. The summed E-state index contributed by atoms with van der Waals surface area (Å²) in [6.07, 6.45) is 1.68. The number of aryl methyl sites for hydroxylation is 2. The molecule has 6 heteroatoms. The highest BCUT2D eigenvalue weighted by Crippen LogP contribution is 2.24. The molecule has 0 amide bonds. The van der Waals surface area contributed by atoms with Crippen molar-refractivity contribution in [3.05, 3.63) is 46.4 Å². The van der Waals surface area contributed by atoms with Crippen LogP contribution in [0.3, 0.4) is 0 Å². The third-order valence-corrected chi connectivity index (χ3v) is 2.85. The van der Waals surface area contributed by atoms with Crippen LogP contribution in [0.25, 0.3) is 0 Å². The van der Waals surface area contributed by atoms with E-state index in [1.807, 2.05) is 13.8 Å². The quantitative estimate of drug-likeness (QED) is 0.901. The Morgan fingerprint density at radius 2 is 2.11 bits per heavy atom. The fourth-order valence-electron chi connectivity index (χ4n) is 1.56. The Balaban J connectivity index is 2.31. The van der Waals surface area contributed by atoms with Crippen LogP contribution in [0.15, 0.2) is 24.4 Å². The largest absolute Gasteiger partial charge is 0.478 e. The number of carboxylic acids is 1. The van der Waals surface area contributed by atoms with Gasteiger partial charge in [0.15, 0.2) is 5.82 Å². The van der Waals surface area contributed by atoms with E-state index in [0.29, 0.717) is 11.5 Å². The van der Waals surface area contributed by atoms with Crippen LogP contribution < -0.4 is 5.32 Å². The van der Waals surface area contributed by atoms with Crippen molar-refractivity contribution in [3.63, 3.8) is 0 Å². The van der Waals surface area contributed by atoms with Gasteiger partial charge in [-0.3, -0.25) is 4.98 Å². The number of benzene rings is 1. The predicted molar refractivity (Wildman–Crippen MR) is 73.2 cm³/mol. The molecule has 98 valence electrons. The Kier molecular flexibility index (Phi) is 3.66. The van der Waals surface area contributed by atoms with Gasteiger partial charge in [0.25, 0.3) is 0 Å². The van der Waals surface area contributed by atoms with Gasteiger partial charge in [0.2, 0.25) is 0 Å². The zero-order valence-corrected chi connectivity index (χ0v) is 11.2. The summed E-state index contributed by atoms with van der Waals surface area (Å²) in [5.74, 6) is -0.429. The highest BCUT2D eigenvalue weighted by molar-refractivity contribution is 6.33. The first-order chi connectivity index (χ1) is 8.97. The van der Waals surface area contributed by atoms with Crippen LogP contribution in [-0.4, -0.2) is 21.0 Å². The average Bonchev–Trinajstić information content (AvgIpc) is 2.33. The third-order valence-electron chi connectivity index (χ3n) is 2.54. The highest BCUT2D eigenvalue weighted by Gasteiger charge is 2.10. The molecule has 5 nitrogen and oxygen atoms in total. The number of nitrogens with zero attached hydrogens (tertiary/aromatic N) is 2. The zero-order chi connectivity index (χ0) is 14.0. The molecule has 0 aliphatic carbocycles. The number of rotatable bonds is 3. The van der Waals surface area contributed by atoms with E-state index in [1.54, 1.807) is 18.3 Å². The van der Waals surface area contributed by atoms with E-state index in [-0.39, 0.29) is 10.6 Å². The molecule has 1 aromatic carbocycles. The Morgan fingerprint density at radius 1 is 1.37 bits per heavy atom. The van der Waals surface area contributed by atoms with Crippen LogP contribution in [0.4, 0.5) is 11.5 Å². The molecule has 0 saturated heterocycles. The first-order valence-electron chi connectivity index (χ1n) is 5.57. The van der Waals surface area contributed by atoms with Gasteiger partial charge < -0.3 is 10.4 Å². The Morgan fingerprint density at radius 3 is 2.74 bits per heavy atom. The lowest BCUT2D eigenvalue weighted by atomic mass is 10.2. The summed E-state index contributed by atoms with van der Waals surface area (Å²) in [7, 11) is 0. The van der Waals surface area contributed by atoms with Gasteiger partial charge in [-0.25, -0.2) is 9.78 Å². The van der Waals surface area contributed by atoms with Crippen LogP contribution in [0.2, 0.25) is 5.02 Å². The maximum atomic E-state index is 10.9. The number of halogens is 1. The average molecular weight is 278 g/mol. The van der Waals surface area contributed by atoms with E-state index in [9.17, 15) is 4.79 Å². The van der Waals surface area contributed by atoms with E-state index in [4.69, 9.17) is 16.7 Å². The number of hydrogen-bond acceptors (Lipinski definition) is 4. The van der Waals surface area contributed by atoms with Crippen LogP contribution in [0.1, 0.15) is 21.7 Å². The van der Waals surface area contributed by atoms with E-state index < -0.39 is 5.97 Å². The molecule has 2 aromatic rings. The first-order valence-corrected chi connectivity index (χ1v) is 5.95. The molecule has 0 aliphatic rings. The van der Waals surface area contributed by atoms with Gasteiger partial charge in [-0.2, -0.15) is 0 Å². The molecule has 0 fully saturated rings. The van der Waals surface area contributed by atoms with E-state index in [2.05, 4.69) is 15.3 Å². The Labute approximate surface area is 115 Å². The van der Waals surface area contributed by atoms with Gasteiger partial charge in [0.1, 0.15) is 0 Å². The van der Waals surface area contributed by atoms with Gasteiger partial charge in [-0.15, -0.1) is 0 Å². The lowest BCUT2D eigenvalue weighted by Crippen LogP contribution is -2.02. The second-order valence-electron chi connectivity index (χ2n) is 4.07. The molecular weight excluding hydrogens is 266 g/mol. The minimum Gasteiger partial charge on any atom is -0.478 e. The van der Waals surface area contributed by atoms with Gasteiger partial charge in [0.05, 0.1) is 22.0 Å². The maximum Gasteiger partial charge on any atom is 0.337 e. The molecule has 0 saturated carbocycles. The lowest BCUT2D eigenvalue weighted by Gasteiger charge is -2.09. The molecule has 0 atom stereocenters. The molecule has 0 aliphatic heterocycles. The summed E-state index contributed by atoms with van der Waals surface area (Å²) in [6.45, 7) is 3.68. The Bertz CT molecular complexity index is 644. The Hall–Kier alpha value is -2.14. The van der Waals surface area contributed by atoms with Crippen molar-refractivity contribution in [2.24, 2.45) is 0 Å². The number of hydrogen-bond donors (Lipinski definition) is 2. The van der Waals surface area contributed by atoms with Crippen molar-refractivity contribution in [2.45, 2.75) is 13.8 Å². The van der Waals surface area contributed by atoms with Crippen LogP contribution >= 0.6 is 11.6 Å². The molecular formula is C13H12ClN3O2. The minimum atomic E-state index is -1.05. The molecule has 0 radical (unpaired) electrons. The number of carbonyl (C=O) groups is 1. The van der Waals surface area contributed by atoms with Crippen molar-refractivity contribution in [1.82, 2.24) is 9.97 Å². The van der Waals surface area contributed by atoms with Gasteiger partial charge in [0, 0.05) is 11.9 Å². The molecule has 1 heterocycles. The van der Waals surface area contributed by atoms with Crippen LogP contribution in [0, 0.1) is 13.8 Å². The summed E-state index contributed by atoms with van der Waals surface area (Å²) < 4.78 is 0. The summed E-state index contributed by atoms with van der Waals surface area (Å²) >= 11 is 5.90. The predicted octanol–water partition coefficient (Wildman–Crippen LogP) is 3.19. The van der Waals surface area contributed by atoms with Crippen molar-refractivity contribution >= 4 is 29.1 Å². The third kappa shape index (κ3) is 3.00. The highest BCUT2D eigenvalue weighted by atomic mass is 35.5. The van der Waals surface area contributed by atoms with Gasteiger partial charge >= 0.3 is 5.97 Å². The van der Waals surface area contributed by atoms with E-state index >= 15 is 0 Å². The van der Waals surface area contributed by atoms with Gasteiger partial charge in [-0.1, -0.05) is 11.6 Å². The van der Waals surface area contributed by atoms with Gasteiger partial charge in [-0.05, 0) is 32.0 Å². The second kappa shape index (κ2) is 5.24. The van der Waals surface area contributed by atoms with Crippen LogP contribution in [0.5, 0.6) is 0 Å². The molecule has 0 spiro atoms. The smallest absolute Gasteiger partial charge is 0.337 e. The number of aromatic carboxylic acids is 1. The summed E-state index contributed by atoms with van der Waals surface area (Å²) in [4.78, 5) is 19.4. The fraction of sp³-hybridized carbons (Fsp3) is 0.154. The lowest BCUT2D eigenvalue weighted by molar-refractivity contribution is 0.0697. The number of anilines is 2. The molecule has 2 rings (SSSR count). The normalized spacial score (nSPS) is 10.3. The molecule has 19 heavy (non-hydrogen) atoms. The number of aromatic nitrogens is 2. The summed E-state index contributed by atoms with van der Waals surface area (Å²) in [5, 5.41) is 12.1. The zero-order valence-electron chi connectivity index (χ0n) is 10.4. The molecule has 1 aromatic heterocycles. The van der Waals surface area contributed by atoms with Crippen molar-refractivity contribution in [3.8, 4) is 0 Å². The van der Waals surface area contributed by atoms with Crippen molar-refractivity contribution in [2.75, 3.05) is 5.32 Å². The summed E-state index contributed by atoms with van der Waals surface area (Å²) in [6, 6.07) is 4.64. The number of nitrogens with one attached hydrogen (secondary N) is 1. The molecule has 2 N–H and O–H groups in total. The SMILES string of the molecule is Cc1cnc(C)c(Nc2ccc(C(=O)O)c(Cl)c2)n1. The van der Waals surface area contributed by atoms with Crippen LogP contribution in [-0.2, 0) is 0 Å². The molecule has 0 unspecified atom stereocenters. The maximum absolute atomic E-state index is 10.9. The van der Waals surface area contributed by atoms with Crippen molar-refractivity contribution in [1.29, 1.82) is 0 Å². The monoisotopic (exact) mass is 277 g/mol. The second-order valence-corrected chi connectivity index (χ2v) is 4.48. The molecule has 0 bridgehead atoms. The minimum absolute atomic E-state index is 0.0688. The van der Waals surface area contributed by atoms with E-state index in [0.717, 1.165) is 11.4 Å². The van der Waals surface area contributed by atoms with Crippen molar-refractivity contribution < 1.29 is 9.90 Å². The fourth-order valence-corrected chi connectivity index (χ4v) is 1.82. The topological polar surface area (TPSA) is 75.1 Å².